The molecule has 0 aliphatic heterocycles. The molecule has 1 fully saturated rings. The zero-order valence-electron chi connectivity index (χ0n) is 14.8. The van der Waals surface area contributed by atoms with Gasteiger partial charge in [-0.15, -0.1) is 0 Å². The number of ether oxygens (including phenoxy) is 1. The summed E-state index contributed by atoms with van der Waals surface area (Å²) in [6.07, 6.45) is 7.08. The number of hydrogen-bond acceptors (Lipinski definition) is 3. The second kappa shape index (κ2) is 8.75. The van der Waals surface area contributed by atoms with Crippen molar-refractivity contribution < 1.29 is 4.74 Å². The van der Waals surface area contributed by atoms with Crippen LogP contribution in [0, 0.1) is 5.92 Å². The van der Waals surface area contributed by atoms with Crippen LogP contribution in [0.1, 0.15) is 52.0 Å². The minimum atomic E-state index is 0.354. The first-order valence-electron chi connectivity index (χ1n) is 8.67. The van der Waals surface area contributed by atoms with Gasteiger partial charge in [-0.05, 0) is 44.1 Å². The number of hydrogen-bond donors (Lipinski definition) is 2. The van der Waals surface area contributed by atoms with Crippen molar-refractivity contribution in [3.05, 3.63) is 23.9 Å². The number of nitrogens with zero attached hydrogens (tertiary/aromatic N) is 2. The van der Waals surface area contributed by atoms with E-state index in [-0.39, 0.29) is 0 Å². The molecule has 2 rings (SSSR count). The van der Waals surface area contributed by atoms with Crippen molar-refractivity contribution in [1.82, 2.24) is 15.6 Å². The Bertz CT molecular complexity index is 492. The van der Waals surface area contributed by atoms with Gasteiger partial charge >= 0.3 is 0 Å². The molecule has 1 aromatic heterocycles. The molecule has 1 unspecified atom stereocenters. The molecule has 1 aliphatic rings. The molecule has 128 valence electrons. The van der Waals surface area contributed by atoms with Gasteiger partial charge in [-0.3, -0.25) is 4.99 Å². The first-order valence-corrected chi connectivity index (χ1v) is 8.67. The number of nitrogens with one attached hydrogen (secondary N) is 2. The quantitative estimate of drug-likeness (QED) is 0.625. The van der Waals surface area contributed by atoms with Crippen molar-refractivity contribution in [1.29, 1.82) is 0 Å². The fourth-order valence-corrected chi connectivity index (χ4v) is 2.52. The topological polar surface area (TPSA) is 58.5 Å². The normalized spacial score (nSPS) is 17.3. The lowest BCUT2D eigenvalue weighted by atomic mass is 10.1. The molecule has 5 nitrogen and oxygen atoms in total. The second-order valence-corrected chi connectivity index (χ2v) is 6.63. The van der Waals surface area contributed by atoms with Crippen LogP contribution in [0.25, 0.3) is 0 Å². The molecule has 0 spiro atoms. The molecule has 0 amide bonds. The third-order valence-corrected chi connectivity index (χ3v) is 4.44. The Hall–Kier alpha value is -1.78. The van der Waals surface area contributed by atoms with E-state index in [1.165, 1.54) is 12.8 Å². The van der Waals surface area contributed by atoms with Gasteiger partial charge in [0.25, 0.3) is 0 Å². The van der Waals surface area contributed by atoms with Gasteiger partial charge in [-0.2, -0.15) is 0 Å². The van der Waals surface area contributed by atoms with Crippen molar-refractivity contribution >= 4 is 5.96 Å². The molecular weight excluding hydrogens is 288 g/mol. The number of guanidine groups is 1. The van der Waals surface area contributed by atoms with Gasteiger partial charge in [0.2, 0.25) is 5.88 Å². The Labute approximate surface area is 139 Å². The highest BCUT2D eigenvalue weighted by Gasteiger charge is 2.16. The summed E-state index contributed by atoms with van der Waals surface area (Å²) in [6, 6.07) is 4.40. The number of aliphatic imine (C=N–C) groups is 1. The minimum absolute atomic E-state index is 0.354. The highest BCUT2D eigenvalue weighted by molar-refractivity contribution is 5.79. The lowest BCUT2D eigenvalue weighted by Crippen LogP contribution is -2.43. The van der Waals surface area contributed by atoms with Crippen molar-refractivity contribution in [3.8, 4) is 5.88 Å². The number of pyridine rings is 1. The van der Waals surface area contributed by atoms with Crippen LogP contribution < -0.4 is 15.4 Å². The van der Waals surface area contributed by atoms with Crippen molar-refractivity contribution in [2.24, 2.45) is 10.9 Å². The van der Waals surface area contributed by atoms with Crippen molar-refractivity contribution in [2.75, 3.05) is 7.05 Å². The van der Waals surface area contributed by atoms with Crippen LogP contribution in [-0.2, 0) is 6.54 Å². The molecule has 1 heterocycles. The predicted molar refractivity (Wildman–Crippen MR) is 94.8 cm³/mol. The average Bonchev–Trinajstić information content (AvgIpc) is 3.05. The molecule has 0 aromatic carbocycles. The molecule has 0 radical (unpaired) electrons. The standard InChI is InChI=1S/C18H30N4O/c1-13(2)14(3)22-18(19-4)21-12-15-9-10-17(20-11-15)23-16-7-5-6-8-16/h9-11,13-14,16H,5-8,12H2,1-4H3,(H2,19,21,22). The van der Waals surface area contributed by atoms with E-state index in [0.29, 0.717) is 24.6 Å². The van der Waals surface area contributed by atoms with E-state index in [0.717, 1.165) is 30.2 Å². The first-order chi connectivity index (χ1) is 11.1. The number of aromatic nitrogens is 1. The lowest BCUT2D eigenvalue weighted by molar-refractivity contribution is 0.201. The molecular formula is C18H30N4O. The molecule has 1 aromatic rings. The van der Waals surface area contributed by atoms with Gasteiger partial charge in [0.1, 0.15) is 6.10 Å². The van der Waals surface area contributed by atoms with E-state index in [4.69, 9.17) is 4.74 Å². The van der Waals surface area contributed by atoms with E-state index in [1.54, 1.807) is 7.05 Å². The Kier molecular flexibility index (Phi) is 6.68. The SMILES string of the molecule is CN=C(NCc1ccc(OC2CCCC2)nc1)NC(C)C(C)C. The molecule has 23 heavy (non-hydrogen) atoms. The van der Waals surface area contributed by atoms with Crippen molar-refractivity contribution in [2.45, 2.75) is 65.1 Å². The second-order valence-electron chi connectivity index (χ2n) is 6.63. The maximum absolute atomic E-state index is 5.89. The van der Waals surface area contributed by atoms with E-state index < -0.39 is 0 Å². The Morgan fingerprint density at radius 2 is 2.04 bits per heavy atom. The Morgan fingerprint density at radius 3 is 2.61 bits per heavy atom. The van der Waals surface area contributed by atoms with E-state index in [2.05, 4.69) is 47.4 Å². The molecule has 0 bridgehead atoms. The fraction of sp³-hybridized carbons (Fsp3) is 0.667. The van der Waals surface area contributed by atoms with E-state index >= 15 is 0 Å². The maximum atomic E-state index is 5.89. The largest absolute Gasteiger partial charge is 0.474 e. The molecule has 5 heteroatoms. The summed E-state index contributed by atoms with van der Waals surface area (Å²) in [5.41, 5.74) is 1.11. The van der Waals surface area contributed by atoms with Crippen LogP contribution in [0.15, 0.2) is 23.3 Å². The van der Waals surface area contributed by atoms with E-state index in [9.17, 15) is 0 Å². The summed E-state index contributed by atoms with van der Waals surface area (Å²) in [7, 11) is 1.79. The molecule has 0 saturated heterocycles. The summed E-state index contributed by atoms with van der Waals surface area (Å²) in [5.74, 6) is 2.11. The van der Waals surface area contributed by atoms with Crippen LogP contribution in [0.4, 0.5) is 0 Å². The summed E-state index contributed by atoms with van der Waals surface area (Å²) in [5, 5.41) is 6.71. The third-order valence-electron chi connectivity index (χ3n) is 4.44. The van der Waals surface area contributed by atoms with Gasteiger partial charge in [0, 0.05) is 31.9 Å². The zero-order chi connectivity index (χ0) is 16.7. The molecule has 1 atom stereocenters. The van der Waals surface area contributed by atoms with Crippen LogP contribution in [0.3, 0.4) is 0 Å². The highest BCUT2D eigenvalue weighted by atomic mass is 16.5. The van der Waals surface area contributed by atoms with Gasteiger partial charge < -0.3 is 15.4 Å². The van der Waals surface area contributed by atoms with Gasteiger partial charge in [0.15, 0.2) is 5.96 Å². The maximum Gasteiger partial charge on any atom is 0.213 e. The molecule has 2 N–H and O–H groups in total. The van der Waals surface area contributed by atoms with Gasteiger partial charge in [0.05, 0.1) is 0 Å². The minimum Gasteiger partial charge on any atom is -0.474 e. The molecule has 1 saturated carbocycles. The van der Waals surface area contributed by atoms with E-state index in [1.807, 2.05) is 12.3 Å². The van der Waals surface area contributed by atoms with Gasteiger partial charge in [-0.1, -0.05) is 19.9 Å². The fourth-order valence-electron chi connectivity index (χ4n) is 2.52. The first kappa shape index (κ1) is 17.6. The van der Waals surface area contributed by atoms with Crippen LogP contribution >= 0.6 is 0 Å². The van der Waals surface area contributed by atoms with Crippen molar-refractivity contribution in [3.63, 3.8) is 0 Å². The van der Waals surface area contributed by atoms with Crippen LogP contribution in [-0.4, -0.2) is 30.1 Å². The predicted octanol–water partition coefficient (Wildman–Crippen LogP) is 3.11. The highest BCUT2D eigenvalue weighted by Crippen LogP contribution is 2.22. The summed E-state index contributed by atoms with van der Waals surface area (Å²) >= 11 is 0. The number of rotatable bonds is 6. The Balaban J connectivity index is 1.80. The summed E-state index contributed by atoms with van der Waals surface area (Å²) in [6.45, 7) is 7.24. The van der Waals surface area contributed by atoms with Crippen LogP contribution in [0.5, 0.6) is 5.88 Å². The Morgan fingerprint density at radius 1 is 1.30 bits per heavy atom. The lowest BCUT2D eigenvalue weighted by Gasteiger charge is -2.20. The average molecular weight is 318 g/mol. The zero-order valence-corrected chi connectivity index (χ0v) is 14.8. The van der Waals surface area contributed by atoms with Crippen LogP contribution in [0.2, 0.25) is 0 Å². The third kappa shape index (κ3) is 5.73. The smallest absolute Gasteiger partial charge is 0.213 e. The summed E-state index contributed by atoms with van der Waals surface area (Å²) in [4.78, 5) is 8.67. The van der Waals surface area contributed by atoms with Gasteiger partial charge in [-0.25, -0.2) is 4.98 Å². The monoisotopic (exact) mass is 318 g/mol. The summed E-state index contributed by atoms with van der Waals surface area (Å²) < 4.78 is 5.89. The molecule has 1 aliphatic carbocycles.